The predicted molar refractivity (Wildman–Crippen MR) is 121 cm³/mol. The lowest BCUT2D eigenvalue weighted by Crippen LogP contribution is -2.49. The first-order valence-electron chi connectivity index (χ1n) is 9.79. The van der Waals surface area contributed by atoms with Gasteiger partial charge in [0.15, 0.2) is 9.84 Å². The van der Waals surface area contributed by atoms with Crippen LogP contribution in [0.25, 0.3) is 0 Å². The van der Waals surface area contributed by atoms with E-state index in [1.165, 1.54) is 23.2 Å². The SMILES string of the molecule is CS(=O)(=O)c1cc(N2CCOC2=O)ccc1C(=O)N1CCN(c2ncc(Cl)cc2Cl)CC1. The average molecular weight is 499 g/mol. The molecule has 2 saturated heterocycles. The summed E-state index contributed by atoms with van der Waals surface area (Å²) in [6, 6.07) is 5.97. The van der Waals surface area contributed by atoms with Gasteiger partial charge in [0.25, 0.3) is 5.91 Å². The Balaban J connectivity index is 1.55. The molecule has 12 heteroatoms. The first-order valence-corrected chi connectivity index (χ1v) is 12.4. The number of cyclic esters (lactones) is 1. The average Bonchev–Trinajstić information content (AvgIpc) is 3.18. The van der Waals surface area contributed by atoms with Gasteiger partial charge in [-0.2, -0.15) is 0 Å². The van der Waals surface area contributed by atoms with Gasteiger partial charge in [-0.1, -0.05) is 23.2 Å². The molecule has 2 amide bonds. The van der Waals surface area contributed by atoms with E-state index < -0.39 is 21.8 Å². The van der Waals surface area contributed by atoms with E-state index in [9.17, 15) is 18.0 Å². The van der Waals surface area contributed by atoms with Crippen LogP contribution in [0.4, 0.5) is 16.3 Å². The van der Waals surface area contributed by atoms with Crippen molar-refractivity contribution in [2.24, 2.45) is 0 Å². The highest BCUT2D eigenvalue weighted by molar-refractivity contribution is 7.90. The van der Waals surface area contributed by atoms with E-state index in [0.717, 1.165) is 6.26 Å². The summed E-state index contributed by atoms with van der Waals surface area (Å²) >= 11 is 12.1. The number of nitrogens with zero attached hydrogens (tertiary/aromatic N) is 4. The number of anilines is 2. The van der Waals surface area contributed by atoms with Gasteiger partial charge in [-0.25, -0.2) is 18.2 Å². The van der Waals surface area contributed by atoms with E-state index in [0.29, 0.717) is 54.3 Å². The molecule has 4 rings (SSSR count). The molecule has 170 valence electrons. The molecule has 1 aromatic heterocycles. The zero-order valence-electron chi connectivity index (χ0n) is 17.1. The molecule has 0 N–H and O–H groups in total. The number of hydrogen-bond acceptors (Lipinski definition) is 7. The Morgan fingerprint density at radius 2 is 1.81 bits per heavy atom. The molecule has 0 bridgehead atoms. The first-order chi connectivity index (χ1) is 15.1. The number of carbonyl (C=O) groups excluding carboxylic acids is 2. The number of halogens is 2. The highest BCUT2D eigenvalue weighted by Gasteiger charge is 2.30. The number of amides is 2. The topological polar surface area (TPSA) is 100 Å². The Morgan fingerprint density at radius 3 is 2.41 bits per heavy atom. The summed E-state index contributed by atoms with van der Waals surface area (Å²) in [7, 11) is -3.73. The molecule has 0 saturated carbocycles. The molecule has 0 radical (unpaired) electrons. The zero-order valence-corrected chi connectivity index (χ0v) is 19.5. The smallest absolute Gasteiger partial charge is 0.414 e. The fourth-order valence-electron chi connectivity index (χ4n) is 3.72. The largest absolute Gasteiger partial charge is 0.447 e. The van der Waals surface area contributed by atoms with E-state index >= 15 is 0 Å². The molecule has 2 aromatic rings. The van der Waals surface area contributed by atoms with Crippen LogP contribution in [-0.4, -0.2) is 75.9 Å². The van der Waals surface area contributed by atoms with Crippen molar-refractivity contribution in [3.05, 3.63) is 46.1 Å². The van der Waals surface area contributed by atoms with Crippen LogP contribution in [0.2, 0.25) is 10.0 Å². The van der Waals surface area contributed by atoms with Gasteiger partial charge in [-0.3, -0.25) is 9.69 Å². The van der Waals surface area contributed by atoms with Crippen molar-refractivity contribution >= 4 is 56.5 Å². The Morgan fingerprint density at radius 1 is 1.09 bits per heavy atom. The van der Waals surface area contributed by atoms with Gasteiger partial charge in [-0.05, 0) is 24.3 Å². The van der Waals surface area contributed by atoms with Crippen LogP contribution in [0.15, 0.2) is 35.4 Å². The van der Waals surface area contributed by atoms with Crippen molar-refractivity contribution < 1.29 is 22.7 Å². The van der Waals surface area contributed by atoms with Crippen LogP contribution >= 0.6 is 23.2 Å². The summed E-state index contributed by atoms with van der Waals surface area (Å²) in [6.07, 6.45) is 2.00. The number of benzene rings is 1. The third-order valence-electron chi connectivity index (χ3n) is 5.32. The maximum absolute atomic E-state index is 13.2. The van der Waals surface area contributed by atoms with Crippen molar-refractivity contribution in [3.63, 3.8) is 0 Å². The zero-order chi connectivity index (χ0) is 23.0. The number of carbonyl (C=O) groups is 2. The fraction of sp³-hybridized carbons (Fsp3) is 0.350. The Bertz CT molecular complexity index is 1180. The predicted octanol–water partition coefficient (Wildman–Crippen LogP) is 2.71. The van der Waals surface area contributed by atoms with Gasteiger partial charge >= 0.3 is 6.09 Å². The molecule has 0 aliphatic carbocycles. The molecule has 2 fully saturated rings. The summed E-state index contributed by atoms with van der Waals surface area (Å²) in [5, 5.41) is 0.860. The summed E-state index contributed by atoms with van der Waals surface area (Å²) in [6.45, 7) is 2.23. The number of sulfone groups is 1. The summed E-state index contributed by atoms with van der Waals surface area (Å²) in [5.74, 6) is 0.192. The minimum Gasteiger partial charge on any atom is -0.447 e. The lowest BCUT2D eigenvalue weighted by atomic mass is 10.1. The molecular formula is C20H20Cl2N4O5S. The number of hydrogen-bond donors (Lipinski definition) is 0. The molecule has 2 aliphatic heterocycles. The normalized spacial score (nSPS) is 17.0. The number of rotatable bonds is 4. The molecule has 0 unspecified atom stereocenters. The second kappa shape index (κ2) is 8.76. The van der Waals surface area contributed by atoms with Gasteiger partial charge in [0.05, 0.1) is 27.0 Å². The highest BCUT2D eigenvalue weighted by atomic mass is 35.5. The highest BCUT2D eigenvalue weighted by Crippen LogP contribution is 2.29. The lowest BCUT2D eigenvalue weighted by Gasteiger charge is -2.36. The van der Waals surface area contributed by atoms with Crippen LogP contribution in [0.5, 0.6) is 0 Å². The summed E-state index contributed by atoms with van der Waals surface area (Å²) in [5.41, 5.74) is 0.442. The molecule has 9 nitrogen and oxygen atoms in total. The van der Waals surface area contributed by atoms with E-state index in [1.807, 2.05) is 4.90 Å². The third-order valence-corrected chi connectivity index (χ3v) is 6.94. The minimum absolute atomic E-state index is 0.0694. The van der Waals surface area contributed by atoms with Gasteiger partial charge in [0.2, 0.25) is 0 Å². The number of pyridine rings is 1. The number of ether oxygens (including phenoxy) is 1. The van der Waals surface area contributed by atoms with Crippen molar-refractivity contribution in [2.45, 2.75) is 4.90 Å². The second-order valence-corrected chi connectivity index (χ2v) is 10.3. The molecule has 3 heterocycles. The van der Waals surface area contributed by atoms with E-state index in [2.05, 4.69) is 4.98 Å². The second-order valence-electron chi connectivity index (χ2n) is 7.46. The van der Waals surface area contributed by atoms with Crippen LogP contribution in [0.3, 0.4) is 0 Å². The maximum Gasteiger partial charge on any atom is 0.414 e. The Kier molecular flexibility index (Phi) is 6.19. The molecule has 32 heavy (non-hydrogen) atoms. The van der Waals surface area contributed by atoms with Crippen LogP contribution < -0.4 is 9.80 Å². The van der Waals surface area contributed by atoms with Gasteiger partial charge in [0.1, 0.15) is 12.4 Å². The fourth-order valence-corrected chi connectivity index (χ4v) is 5.11. The Hall–Kier alpha value is -2.56. The van der Waals surface area contributed by atoms with Gasteiger partial charge < -0.3 is 14.5 Å². The number of piperazine rings is 1. The van der Waals surface area contributed by atoms with Crippen molar-refractivity contribution in [1.29, 1.82) is 0 Å². The van der Waals surface area contributed by atoms with Crippen LogP contribution in [-0.2, 0) is 14.6 Å². The minimum atomic E-state index is -3.73. The quantitative estimate of drug-likeness (QED) is 0.638. The molecule has 2 aliphatic rings. The van der Waals surface area contributed by atoms with Gasteiger partial charge in [-0.15, -0.1) is 0 Å². The molecule has 0 spiro atoms. The van der Waals surface area contributed by atoms with E-state index in [1.54, 1.807) is 17.0 Å². The first kappa shape index (κ1) is 22.6. The van der Waals surface area contributed by atoms with E-state index in [4.69, 9.17) is 27.9 Å². The third kappa shape index (κ3) is 4.48. The molecule has 0 atom stereocenters. The molecule has 1 aromatic carbocycles. The van der Waals surface area contributed by atoms with Crippen LogP contribution in [0, 0.1) is 0 Å². The van der Waals surface area contributed by atoms with Crippen molar-refractivity contribution in [1.82, 2.24) is 9.88 Å². The van der Waals surface area contributed by atoms with Crippen molar-refractivity contribution in [3.8, 4) is 0 Å². The number of aromatic nitrogens is 1. The summed E-state index contributed by atoms with van der Waals surface area (Å²) < 4.78 is 29.8. The molecular weight excluding hydrogens is 479 g/mol. The van der Waals surface area contributed by atoms with E-state index in [-0.39, 0.29) is 17.1 Å². The lowest BCUT2D eigenvalue weighted by molar-refractivity contribution is 0.0742. The van der Waals surface area contributed by atoms with Crippen LogP contribution in [0.1, 0.15) is 10.4 Å². The monoisotopic (exact) mass is 498 g/mol. The van der Waals surface area contributed by atoms with Crippen molar-refractivity contribution in [2.75, 3.05) is 55.4 Å². The standard InChI is InChI=1S/C20H20Cl2N4O5S/c1-32(29,30)17-11-14(26-8-9-31-20(26)28)2-3-15(17)19(27)25-6-4-24(5-7-25)18-16(22)10-13(21)12-23-18/h2-3,10-12H,4-9H2,1H3. The summed E-state index contributed by atoms with van der Waals surface area (Å²) in [4.78, 5) is 34.1. The van der Waals surface area contributed by atoms with Gasteiger partial charge in [0, 0.05) is 44.3 Å². The maximum atomic E-state index is 13.2. The Labute approximate surface area is 195 Å².